The van der Waals surface area contributed by atoms with Gasteiger partial charge >= 0.3 is 11.9 Å². The van der Waals surface area contributed by atoms with Crippen molar-refractivity contribution < 1.29 is 19.1 Å². The Kier molecular flexibility index (Phi) is 9.85. The van der Waals surface area contributed by atoms with Gasteiger partial charge in [0.05, 0.1) is 6.61 Å². The summed E-state index contributed by atoms with van der Waals surface area (Å²) in [5.41, 5.74) is 0. The molecule has 110 valence electrons. The second-order valence-electron chi connectivity index (χ2n) is 5.10. The molecule has 0 heterocycles. The molecule has 0 aromatic carbocycles. The average molecular weight is 270 g/mol. The van der Waals surface area contributed by atoms with Crippen molar-refractivity contribution in [1.29, 1.82) is 0 Å². The van der Waals surface area contributed by atoms with Crippen LogP contribution in [0.4, 0.5) is 0 Å². The number of rotatable bonds is 10. The molecule has 4 nitrogen and oxygen atoms in total. The Bertz CT molecular complexity index is 295. The second kappa shape index (κ2) is 10.6. The molecular formula is C15H26O4. The Hall–Kier alpha value is -1.32. The number of hydrogen-bond acceptors (Lipinski definition) is 4. The first-order valence-corrected chi connectivity index (χ1v) is 6.98. The summed E-state index contributed by atoms with van der Waals surface area (Å²) in [6.45, 7) is 9.36. The molecule has 0 spiro atoms. The van der Waals surface area contributed by atoms with Gasteiger partial charge in [0.15, 0.2) is 0 Å². The lowest BCUT2D eigenvalue weighted by Crippen LogP contribution is -2.12. The van der Waals surface area contributed by atoms with E-state index in [9.17, 15) is 9.59 Å². The summed E-state index contributed by atoms with van der Waals surface area (Å²) < 4.78 is 9.47. The third-order valence-corrected chi connectivity index (χ3v) is 2.65. The van der Waals surface area contributed by atoms with Gasteiger partial charge in [0.2, 0.25) is 5.76 Å². The monoisotopic (exact) mass is 270 g/mol. The number of ether oxygens (including phenoxy) is 2. The molecule has 0 aromatic rings. The molecule has 0 saturated carbocycles. The van der Waals surface area contributed by atoms with Crippen LogP contribution in [-0.2, 0) is 19.1 Å². The summed E-state index contributed by atoms with van der Waals surface area (Å²) in [5, 5.41) is 0. The van der Waals surface area contributed by atoms with Crippen LogP contribution in [0.15, 0.2) is 12.3 Å². The molecular weight excluding hydrogens is 244 g/mol. The summed E-state index contributed by atoms with van der Waals surface area (Å²) in [5.74, 6) is -0.695. The van der Waals surface area contributed by atoms with Crippen LogP contribution in [0, 0.1) is 5.92 Å². The maximum absolute atomic E-state index is 11.3. The van der Waals surface area contributed by atoms with Crippen LogP contribution in [0.1, 0.15) is 59.3 Å². The van der Waals surface area contributed by atoms with Crippen molar-refractivity contribution in [2.24, 2.45) is 5.92 Å². The summed E-state index contributed by atoms with van der Waals surface area (Å²) in [7, 11) is 0. The minimum Gasteiger partial charge on any atom is -0.460 e. The fraction of sp³-hybridized carbons (Fsp3) is 0.733. The average Bonchev–Trinajstić information content (AvgIpc) is 2.30. The predicted octanol–water partition coefficient (Wildman–Crippen LogP) is 3.60. The molecule has 0 unspecified atom stereocenters. The fourth-order valence-electron chi connectivity index (χ4n) is 1.65. The zero-order chi connectivity index (χ0) is 14.7. The van der Waals surface area contributed by atoms with Gasteiger partial charge in [-0.05, 0) is 18.9 Å². The quantitative estimate of drug-likeness (QED) is 0.263. The highest BCUT2D eigenvalue weighted by atomic mass is 16.6. The highest BCUT2D eigenvalue weighted by molar-refractivity contribution is 5.88. The lowest BCUT2D eigenvalue weighted by Gasteiger charge is -2.07. The number of hydrogen-bond donors (Lipinski definition) is 0. The van der Waals surface area contributed by atoms with E-state index >= 15 is 0 Å². The van der Waals surface area contributed by atoms with E-state index in [0.29, 0.717) is 6.61 Å². The molecule has 0 atom stereocenters. The van der Waals surface area contributed by atoms with Crippen LogP contribution < -0.4 is 0 Å². The predicted molar refractivity (Wildman–Crippen MR) is 74.4 cm³/mol. The molecule has 0 fully saturated rings. The topological polar surface area (TPSA) is 52.6 Å². The minimum absolute atomic E-state index is 0.246. The Labute approximate surface area is 116 Å². The van der Waals surface area contributed by atoms with Crippen molar-refractivity contribution in [2.45, 2.75) is 59.3 Å². The van der Waals surface area contributed by atoms with Crippen LogP contribution in [0.25, 0.3) is 0 Å². The van der Waals surface area contributed by atoms with E-state index in [-0.39, 0.29) is 5.76 Å². The third-order valence-electron chi connectivity index (χ3n) is 2.65. The lowest BCUT2D eigenvalue weighted by atomic mass is 10.0. The largest absolute Gasteiger partial charge is 0.460 e. The summed E-state index contributed by atoms with van der Waals surface area (Å²) in [6, 6.07) is 0. The van der Waals surface area contributed by atoms with Gasteiger partial charge in [0.1, 0.15) is 0 Å². The maximum atomic E-state index is 11.3. The molecule has 0 N–H and O–H groups in total. The molecule has 19 heavy (non-hydrogen) atoms. The van der Waals surface area contributed by atoms with Crippen molar-refractivity contribution in [2.75, 3.05) is 6.61 Å². The van der Waals surface area contributed by atoms with Gasteiger partial charge in [-0.1, -0.05) is 46.0 Å². The normalized spacial score (nSPS) is 10.3. The van der Waals surface area contributed by atoms with Crippen LogP contribution in [-0.4, -0.2) is 18.5 Å². The standard InChI is InChI=1S/C15H26O4/c1-12(2)10-8-6-5-7-9-11-18-15(17)13(3)19-14(4)16/h12H,3,5-11H2,1-2,4H3. The molecule has 0 rings (SSSR count). The lowest BCUT2D eigenvalue weighted by molar-refractivity contribution is -0.150. The van der Waals surface area contributed by atoms with E-state index < -0.39 is 11.9 Å². The molecule has 0 radical (unpaired) electrons. The highest BCUT2D eigenvalue weighted by Crippen LogP contribution is 2.10. The zero-order valence-corrected chi connectivity index (χ0v) is 12.4. The zero-order valence-electron chi connectivity index (χ0n) is 12.4. The smallest absolute Gasteiger partial charge is 0.373 e. The van der Waals surface area contributed by atoms with E-state index in [0.717, 1.165) is 25.2 Å². The first-order chi connectivity index (χ1) is 8.93. The van der Waals surface area contributed by atoms with Gasteiger partial charge in [-0.2, -0.15) is 0 Å². The van der Waals surface area contributed by atoms with Crippen molar-refractivity contribution in [3.63, 3.8) is 0 Å². The SMILES string of the molecule is C=C(OC(C)=O)C(=O)OCCCCCCCC(C)C. The number of esters is 2. The Morgan fingerprint density at radius 1 is 1.05 bits per heavy atom. The van der Waals surface area contributed by atoms with Crippen LogP contribution in [0.5, 0.6) is 0 Å². The van der Waals surface area contributed by atoms with E-state index in [4.69, 9.17) is 4.74 Å². The molecule has 4 heteroatoms. The third kappa shape index (κ3) is 11.5. The number of carbonyl (C=O) groups is 2. The number of carbonyl (C=O) groups excluding carboxylic acids is 2. The van der Waals surface area contributed by atoms with E-state index in [2.05, 4.69) is 25.2 Å². The number of unbranched alkanes of at least 4 members (excludes halogenated alkanes) is 4. The first-order valence-electron chi connectivity index (χ1n) is 6.98. The van der Waals surface area contributed by atoms with Gasteiger partial charge in [-0.15, -0.1) is 0 Å². The van der Waals surface area contributed by atoms with Crippen molar-refractivity contribution in [3.8, 4) is 0 Å². The van der Waals surface area contributed by atoms with E-state index in [1.807, 2.05) is 0 Å². The molecule has 0 bridgehead atoms. The molecule has 0 aliphatic rings. The summed E-state index contributed by atoms with van der Waals surface area (Å²) in [6.07, 6.45) is 6.81. The summed E-state index contributed by atoms with van der Waals surface area (Å²) >= 11 is 0. The Morgan fingerprint density at radius 2 is 1.63 bits per heavy atom. The maximum Gasteiger partial charge on any atom is 0.373 e. The minimum atomic E-state index is -0.657. The van der Waals surface area contributed by atoms with Gasteiger partial charge < -0.3 is 9.47 Å². The van der Waals surface area contributed by atoms with Crippen LogP contribution in [0.2, 0.25) is 0 Å². The van der Waals surface area contributed by atoms with Crippen LogP contribution in [0.3, 0.4) is 0 Å². The second-order valence-corrected chi connectivity index (χ2v) is 5.10. The van der Waals surface area contributed by atoms with Crippen molar-refractivity contribution in [1.82, 2.24) is 0 Å². The van der Waals surface area contributed by atoms with Crippen molar-refractivity contribution in [3.05, 3.63) is 12.3 Å². The summed E-state index contributed by atoms with van der Waals surface area (Å²) in [4.78, 5) is 21.9. The molecule has 0 saturated heterocycles. The van der Waals surface area contributed by atoms with Crippen LogP contribution >= 0.6 is 0 Å². The van der Waals surface area contributed by atoms with Gasteiger partial charge in [-0.3, -0.25) is 4.79 Å². The molecule has 0 aromatic heterocycles. The Balaban J connectivity index is 3.41. The Morgan fingerprint density at radius 3 is 2.21 bits per heavy atom. The van der Waals surface area contributed by atoms with Gasteiger partial charge in [0, 0.05) is 6.92 Å². The highest BCUT2D eigenvalue weighted by Gasteiger charge is 2.11. The van der Waals surface area contributed by atoms with Gasteiger partial charge in [0.25, 0.3) is 0 Å². The van der Waals surface area contributed by atoms with E-state index in [1.165, 1.54) is 26.2 Å². The molecule has 0 aliphatic heterocycles. The molecule has 0 aliphatic carbocycles. The first kappa shape index (κ1) is 17.7. The van der Waals surface area contributed by atoms with E-state index in [1.54, 1.807) is 0 Å². The van der Waals surface area contributed by atoms with Gasteiger partial charge in [-0.25, -0.2) is 4.79 Å². The molecule has 0 amide bonds. The fourth-order valence-corrected chi connectivity index (χ4v) is 1.65. The van der Waals surface area contributed by atoms with Crippen molar-refractivity contribution >= 4 is 11.9 Å².